The van der Waals surface area contributed by atoms with E-state index in [0.29, 0.717) is 34.1 Å². The number of hydrogen-bond donors (Lipinski definition) is 0. The number of hydrogen-bond acceptors (Lipinski definition) is 6. The predicted octanol–water partition coefficient (Wildman–Crippen LogP) is 4.83. The van der Waals surface area contributed by atoms with Crippen molar-refractivity contribution in [3.8, 4) is 23.0 Å². The van der Waals surface area contributed by atoms with Gasteiger partial charge in [-0.2, -0.15) is 0 Å². The Hall–Kier alpha value is -4.06. The molecule has 0 radical (unpaired) electrons. The lowest BCUT2D eigenvalue weighted by atomic mass is 10.1. The van der Waals surface area contributed by atoms with E-state index < -0.39 is 5.97 Å². The Balaban J connectivity index is 1.66. The highest BCUT2D eigenvalue weighted by Gasteiger charge is 2.11. The molecule has 0 aromatic heterocycles. The van der Waals surface area contributed by atoms with E-state index in [4.69, 9.17) is 18.9 Å². The maximum atomic E-state index is 12.6. The Morgan fingerprint density at radius 1 is 0.710 bits per heavy atom. The summed E-state index contributed by atoms with van der Waals surface area (Å²) in [5.41, 5.74) is 1.60. The number of benzene rings is 3. The van der Waals surface area contributed by atoms with Crippen LogP contribution in [0, 0.1) is 0 Å². The molecule has 0 aliphatic rings. The summed E-state index contributed by atoms with van der Waals surface area (Å²) in [5.74, 6) is 1.42. The first-order chi connectivity index (χ1) is 15.0. The highest BCUT2D eigenvalue weighted by atomic mass is 16.5. The van der Waals surface area contributed by atoms with Gasteiger partial charge in [0, 0.05) is 0 Å². The third kappa shape index (κ3) is 5.51. The zero-order chi connectivity index (χ0) is 22.2. The smallest absolute Gasteiger partial charge is 0.343 e. The number of rotatable bonds is 8. The largest absolute Gasteiger partial charge is 0.497 e. The number of esters is 1. The average molecular weight is 418 g/mol. The minimum atomic E-state index is -0.466. The standard InChI is InChI=1S/C25H22O6/c1-28-19-11-7-18(8-12-19)25(27)31-20-9-4-17(5-10-20)6-14-23(26)22-16-21(29-2)13-15-24(22)30-3/h4-16H,1-3H3/b14-6+. The van der Waals surface area contributed by atoms with Gasteiger partial charge in [0.05, 0.1) is 32.5 Å². The predicted molar refractivity (Wildman–Crippen MR) is 117 cm³/mol. The van der Waals surface area contributed by atoms with Crippen LogP contribution in [0.3, 0.4) is 0 Å². The van der Waals surface area contributed by atoms with Crippen LogP contribution in [0.2, 0.25) is 0 Å². The number of allylic oxidation sites excluding steroid dienone is 1. The Bertz CT molecular complexity index is 1080. The second kappa shape index (κ2) is 10.1. The van der Waals surface area contributed by atoms with Gasteiger partial charge in [0.25, 0.3) is 0 Å². The maximum Gasteiger partial charge on any atom is 0.343 e. The topological polar surface area (TPSA) is 71.1 Å². The lowest BCUT2D eigenvalue weighted by Gasteiger charge is -2.08. The van der Waals surface area contributed by atoms with Crippen LogP contribution in [-0.4, -0.2) is 33.1 Å². The van der Waals surface area contributed by atoms with Crippen molar-refractivity contribution in [2.75, 3.05) is 21.3 Å². The summed E-state index contributed by atoms with van der Waals surface area (Å²) in [5, 5.41) is 0. The number of ketones is 1. The molecule has 6 heteroatoms. The van der Waals surface area contributed by atoms with E-state index in [0.717, 1.165) is 5.56 Å². The molecule has 0 aliphatic carbocycles. The van der Waals surface area contributed by atoms with Crippen molar-refractivity contribution in [3.63, 3.8) is 0 Å². The zero-order valence-corrected chi connectivity index (χ0v) is 17.5. The summed E-state index contributed by atoms with van der Waals surface area (Å²) in [6.45, 7) is 0. The Morgan fingerprint density at radius 2 is 1.32 bits per heavy atom. The minimum Gasteiger partial charge on any atom is -0.497 e. The van der Waals surface area contributed by atoms with Crippen LogP contribution in [0.5, 0.6) is 23.0 Å². The van der Waals surface area contributed by atoms with Crippen LogP contribution >= 0.6 is 0 Å². The van der Waals surface area contributed by atoms with E-state index in [1.807, 2.05) is 0 Å². The van der Waals surface area contributed by atoms with Crippen molar-refractivity contribution in [1.82, 2.24) is 0 Å². The summed E-state index contributed by atoms with van der Waals surface area (Å²) in [6, 6.07) is 18.5. The highest BCUT2D eigenvalue weighted by molar-refractivity contribution is 6.08. The molecule has 31 heavy (non-hydrogen) atoms. The number of carbonyl (C=O) groups excluding carboxylic acids is 2. The first-order valence-corrected chi connectivity index (χ1v) is 9.45. The Kier molecular flexibility index (Phi) is 7.06. The molecule has 0 spiro atoms. The molecule has 0 saturated carbocycles. The molecule has 0 aliphatic heterocycles. The summed E-state index contributed by atoms with van der Waals surface area (Å²) in [7, 11) is 4.60. The van der Waals surface area contributed by atoms with E-state index in [1.165, 1.54) is 20.3 Å². The van der Waals surface area contributed by atoms with Crippen LogP contribution in [0.1, 0.15) is 26.3 Å². The van der Waals surface area contributed by atoms with Gasteiger partial charge in [-0.3, -0.25) is 4.79 Å². The molecule has 0 saturated heterocycles. The van der Waals surface area contributed by atoms with Crippen LogP contribution < -0.4 is 18.9 Å². The lowest BCUT2D eigenvalue weighted by Crippen LogP contribution is -2.08. The molecule has 3 aromatic carbocycles. The lowest BCUT2D eigenvalue weighted by molar-refractivity contribution is 0.0734. The van der Waals surface area contributed by atoms with Crippen molar-refractivity contribution < 1.29 is 28.5 Å². The molecule has 0 atom stereocenters. The van der Waals surface area contributed by atoms with E-state index in [2.05, 4.69) is 0 Å². The molecule has 0 bridgehead atoms. The van der Waals surface area contributed by atoms with Crippen LogP contribution in [-0.2, 0) is 0 Å². The molecule has 0 heterocycles. The van der Waals surface area contributed by atoms with Crippen LogP contribution in [0.15, 0.2) is 72.8 Å². The van der Waals surface area contributed by atoms with Gasteiger partial charge in [-0.1, -0.05) is 18.2 Å². The fourth-order valence-corrected chi connectivity index (χ4v) is 2.81. The monoisotopic (exact) mass is 418 g/mol. The summed E-state index contributed by atoms with van der Waals surface area (Å²) in [6.07, 6.45) is 3.13. The van der Waals surface area contributed by atoms with Gasteiger partial charge < -0.3 is 18.9 Å². The molecule has 0 amide bonds. The van der Waals surface area contributed by atoms with Crippen LogP contribution in [0.25, 0.3) is 6.08 Å². The quantitative estimate of drug-likeness (QED) is 0.226. The fourth-order valence-electron chi connectivity index (χ4n) is 2.81. The molecule has 6 nitrogen and oxygen atoms in total. The van der Waals surface area contributed by atoms with Crippen molar-refractivity contribution in [2.24, 2.45) is 0 Å². The van der Waals surface area contributed by atoms with Crippen molar-refractivity contribution in [3.05, 3.63) is 89.5 Å². The van der Waals surface area contributed by atoms with E-state index in [1.54, 1.807) is 79.9 Å². The van der Waals surface area contributed by atoms with Gasteiger partial charge in [0.1, 0.15) is 23.0 Å². The highest BCUT2D eigenvalue weighted by Crippen LogP contribution is 2.25. The molecular formula is C25H22O6. The maximum absolute atomic E-state index is 12.6. The van der Waals surface area contributed by atoms with Crippen molar-refractivity contribution in [1.29, 1.82) is 0 Å². The van der Waals surface area contributed by atoms with Crippen LogP contribution in [0.4, 0.5) is 0 Å². The van der Waals surface area contributed by atoms with Gasteiger partial charge in [0.15, 0.2) is 5.78 Å². The first-order valence-electron chi connectivity index (χ1n) is 9.45. The minimum absolute atomic E-state index is 0.217. The van der Waals surface area contributed by atoms with Gasteiger partial charge in [-0.15, -0.1) is 0 Å². The van der Waals surface area contributed by atoms with Gasteiger partial charge in [-0.05, 0) is 66.2 Å². The molecular weight excluding hydrogens is 396 g/mol. The molecule has 3 rings (SSSR count). The molecule has 0 fully saturated rings. The number of ether oxygens (including phenoxy) is 4. The molecule has 158 valence electrons. The van der Waals surface area contributed by atoms with E-state index >= 15 is 0 Å². The summed E-state index contributed by atoms with van der Waals surface area (Å²) >= 11 is 0. The molecule has 0 unspecified atom stereocenters. The second-order valence-electron chi connectivity index (χ2n) is 6.45. The fraction of sp³-hybridized carbons (Fsp3) is 0.120. The van der Waals surface area contributed by atoms with Gasteiger partial charge >= 0.3 is 5.97 Å². The number of methoxy groups -OCH3 is 3. The number of carbonyl (C=O) groups is 2. The first kappa shape index (κ1) is 21.6. The normalized spacial score (nSPS) is 10.5. The van der Waals surface area contributed by atoms with Crippen molar-refractivity contribution >= 4 is 17.8 Å². The third-order valence-corrected chi connectivity index (χ3v) is 4.52. The summed E-state index contributed by atoms with van der Waals surface area (Å²) in [4.78, 5) is 24.8. The average Bonchev–Trinajstić information content (AvgIpc) is 2.82. The third-order valence-electron chi connectivity index (χ3n) is 4.52. The SMILES string of the molecule is COc1ccc(C(=O)Oc2ccc(/C=C/C(=O)c3cc(OC)ccc3OC)cc2)cc1. The van der Waals surface area contributed by atoms with Gasteiger partial charge in [0.2, 0.25) is 0 Å². The van der Waals surface area contributed by atoms with Gasteiger partial charge in [-0.25, -0.2) is 4.79 Å². The zero-order valence-electron chi connectivity index (χ0n) is 17.5. The molecule has 3 aromatic rings. The van der Waals surface area contributed by atoms with E-state index in [9.17, 15) is 9.59 Å². The molecule has 0 N–H and O–H groups in total. The Morgan fingerprint density at radius 3 is 1.94 bits per heavy atom. The van der Waals surface area contributed by atoms with Crippen molar-refractivity contribution in [2.45, 2.75) is 0 Å². The summed E-state index contributed by atoms with van der Waals surface area (Å²) < 4.78 is 20.9. The second-order valence-corrected chi connectivity index (χ2v) is 6.45. The van der Waals surface area contributed by atoms with E-state index in [-0.39, 0.29) is 5.78 Å². The Labute approximate surface area is 180 Å².